The number of aromatic nitrogens is 2. The van der Waals surface area contributed by atoms with Crippen molar-refractivity contribution in [3.8, 4) is 11.5 Å². The molecule has 0 aliphatic rings. The molecule has 16 heavy (non-hydrogen) atoms. The van der Waals surface area contributed by atoms with Crippen molar-refractivity contribution >= 4 is 12.1 Å². The molecule has 0 saturated carbocycles. The number of amides is 1. The number of rotatable bonds is 4. The molecule has 82 valence electrons. The molecule has 0 fully saturated rings. The molecular formula is C11H11N3O2. The highest BCUT2D eigenvalue weighted by atomic mass is 16.5. The number of carbonyl (C=O) groups excluding carboxylic acids is 1. The van der Waals surface area contributed by atoms with Crippen LogP contribution in [0.15, 0.2) is 28.8 Å². The summed E-state index contributed by atoms with van der Waals surface area (Å²) in [5.41, 5.74) is 1.49. The molecule has 1 N–H and O–H groups in total. The van der Waals surface area contributed by atoms with Gasteiger partial charge in [0.1, 0.15) is 0 Å². The van der Waals surface area contributed by atoms with Crippen molar-refractivity contribution < 1.29 is 9.32 Å². The SMILES string of the molecule is CCc1noc(-c2cccc(NC=O)c2)n1. The van der Waals surface area contributed by atoms with E-state index in [4.69, 9.17) is 4.52 Å². The van der Waals surface area contributed by atoms with Crippen LogP contribution in [0.2, 0.25) is 0 Å². The van der Waals surface area contributed by atoms with Crippen LogP contribution in [0.4, 0.5) is 5.69 Å². The van der Waals surface area contributed by atoms with Crippen LogP contribution in [0, 0.1) is 0 Å². The number of nitrogens with zero attached hydrogens (tertiary/aromatic N) is 2. The highest BCUT2D eigenvalue weighted by Crippen LogP contribution is 2.20. The van der Waals surface area contributed by atoms with Crippen molar-refractivity contribution in [2.45, 2.75) is 13.3 Å². The molecule has 2 aromatic rings. The zero-order valence-electron chi connectivity index (χ0n) is 8.80. The van der Waals surface area contributed by atoms with Crippen LogP contribution in [0.1, 0.15) is 12.7 Å². The summed E-state index contributed by atoms with van der Waals surface area (Å²) in [6.45, 7) is 1.96. The van der Waals surface area contributed by atoms with Crippen molar-refractivity contribution in [2.75, 3.05) is 5.32 Å². The second-order valence-electron chi connectivity index (χ2n) is 3.21. The number of carbonyl (C=O) groups is 1. The Bertz CT molecular complexity index is 493. The predicted molar refractivity (Wildman–Crippen MR) is 58.8 cm³/mol. The van der Waals surface area contributed by atoms with Gasteiger partial charge in [0.25, 0.3) is 5.89 Å². The van der Waals surface area contributed by atoms with E-state index >= 15 is 0 Å². The van der Waals surface area contributed by atoms with Crippen molar-refractivity contribution in [2.24, 2.45) is 0 Å². The molecule has 1 aromatic carbocycles. The van der Waals surface area contributed by atoms with Gasteiger partial charge in [-0.3, -0.25) is 4.79 Å². The average Bonchev–Trinajstić information content (AvgIpc) is 2.78. The monoisotopic (exact) mass is 217 g/mol. The van der Waals surface area contributed by atoms with E-state index in [1.165, 1.54) is 0 Å². The summed E-state index contributed by atoms with van der Waals surface area (Å²) < 4.78 is 5.10. The maximum Gasteiger partial charge on any atom is 0.257 e. The third-order valence-electron chi connectivity index (χ3n) is 2.12. The van der Waals surface area contributed by atoms with Gasteiger partial charge >= 0.3 is 0 Å². The molecule has 1 heterocycles. The van der Waals surface area contributed by atoms with E-state index in [2.05, 4.69) is 15.5 Å². The van der Waals surface area contributed by atoms with Crippen molar-refractivity contribution in [1.82, 2.24) is 10.1 Å². The molecule has 1 amide bonds. The van der Waals surface area contributed by atoms with E-state index in [0.717, 1.165) is 12.0 Å². The molecule has 2 rings (SSSR count). The Kier molecular flexibility index (Phi) is 2.95. The molecule has 5 heteroatoms. The predicted octanol–water partition coefficient (Wildman–Crippen LogP) is 1.87. The molecule has 0 spiro atoms. The summed E-state index contributed by atoms with van der Waals surface area (Å²) in [6, 6.07) is 7.23. The van der Waals surface area contributed by atoms with Crippen molar-refractivity contribution in [1.29, 1.82) is 0 Å². The molecule has 5 nitrogen and oxygen atoms in total. The van der Waals surface area contributed by atoms with Crippen LogP contribution < -0.4 is 5.32 Å². The van der Waals surface area contributed by atoms with Gasteiger partial charge in [0.05, 0.1) is 0 Å². The zero-order valence-corrected chi connectivity index (χ0v) is 8.80. The van der Waals surface area contributed by atoms with E-state index < -0.39 is 0 Å². The number of hydrogen-bond acceptors (Lipinski definition) is 4. The zero-order chi connectivity index (χ0) is 11.4. The maximum absolute atomic E-state index is 10.3. The molecular weight excluding hydrogens is 206 g/mol. The first-order valence-corrected chi connectivity index (χ1v) is 4.96. The summed E-state index contributed by atoms with van der Waals surface area (Å²) in [6.07, 6.45) is 1.36. The van der Waals surface area contributed by atoms with E-state index in [0.29, 0.717) is 23.8 Å². The lowest BCUT2D eigenvalue weighted by atomic mass is 10.2. The molecule has 0 bridgehead atoms. The first-order valence-electron chi connectivity index (χ1n) is 4.96. The number of aryl methyl sites for hydroxylation is 1. The van der Waals surface area contributed by atoms with Crippen molar-refractivity contribution in [3.63, 3.8) is 0 Å². The summed E-state index contributed by atoms with van der Waals surface area (Å²) in [5, 5.41) is 6.38. The van der Waals surface area contributed by atoms with E-state index in [1.54, 1.807) is 12.1 Å². The molecule has 0 aliphatic heterocycles. The Hall–Kier alpha value is -2.17. The molecule has 0 saturated heterocycles. The molecule has 0 atom stereocenters. The Morgan fingerprint density at radius 3 is 3.06 bits per heavy atom. The number of benzene rings is 1. The fourth-order valence-electron chi connectivity index (χ4n) is 1.32. The van der Waals surface area contributed by atoms with Crippen LogP contribution >= 0.6 is 0 Å². The first-order chi connectivity index (χ1) is 7.83. The lowest BCUT2D eigenvalue weighted by Crippen LogP contribution is -1.93. The van der Waals surface area contributed by atoms with Gasteiger partial charge in [-0.05, 0) is 18.2 Å². The quantitative estimate of drug-likeness (QED) is 0.794. The Labute approximate surface area is 92.5 Å². The van der Waals surface area contributed by atoms with E-state index in [9.17, 15) is 4.79 Å². The number of anilines is 1. The van der Waals surface area contributed by atoms with Crippen LogP contribution in [0.25, 0.3) is 11.5 Å². The highest BCUT2D eigenvalue weighted by Gasteiger charge is 2.07. The average molecular weight is 217 g/mol. The highest BCUT2D eigenvalue weighted by molar-refractivity contribution is 5.74. The van der Waals surface area contributed by atoms with Gasteiger partial charge in [-0.15, -0.1) is 0 Å². The second kappa shape index (κ2) is 4.57. The summed E-state index contributed by atoms with van der Waals surface area (Å²) in [7, 11) is 0. The normalized spacial score (nSPS) is 10.1. The Balaban J connectivity index is 2.32. The summed E-state index contributed by atoms with van der Waals surface area (Å²) >= 11 is 0. The van der Waals surface area contributed by atoms with Crippen molar-refractivity contribution in [3.05, 3.63) is 30.1 Å². The fourth-order valence-corrected chi connectivity index (χ4v) is 1.32. The van der Waals surface area contributed by atoms with Gasteiger partial charge in [-0.2, -0.15) is 4.98 Å². The minimum Gasteiger partial charge on any atom is -0.334 e. The number of hydrogen-bond donors (Lipinski definition) is 1. The van der Waals surface area contributed by atoms with Crippen LogP contribution in [0.3, 0.4) is 0 Å². The third-order valence-corrected chi connectivity index (χ3v) is 2.12. The third kappa shape index (κ3) is 2.08. The topological polar surface area (TPSA) is 68.0 Å². The summed E-state index contributed by atoms with van der Waals surface area (Å²) in [4.78, 5) is 14.5. The van der Waals surface area contributed by atoms with E-state index in [1.807, 2.05) is 19.1 Å². The van der Waals surface area contributed by atoms with Gasteiger partial charge in [0, 0.05) is 17.7 Å². The molecule has 0 aliphatic carbocycles. The van der Waals surface area contributed by atoms with Crippen LogP contribution in [-0.4, -0.2) is 16.6 Å². The smallest absolute Gasteiger partial charge is 0.257 e. The van der Waals surface area contributed by atoms with Crippen LogP contribution in [0.5, 0.6) is 0 Å². The van der Waals surface area contributed by atoms with Gasteiger partial charge in [-0.25, -0.2) is 0 Å². The molecule has 0 unspecified atom stereocenters. The minimum atomic E-state index is 0.464. The van der Waals surface area contributed by atoms with E-state index in [-0.39, 0.29) is 0 Å². The largest absolute Gasteiger partial charge is 0.334 e. The lowest BCUT2D eigenvalue weighted by molar-refractivity contribution is -0.105. The standard InChI is InChI=1S/C11H11N3O2/c1-2-10-13-11(16-14-10)8-4-3-5-9(6-8)12-7-15/h3-7H,2H2,1H3,(H,12,15). The Morgan fingerprint density at radius 2 is 2.38 bits per heavy atom. The van der Waals surface area contributed by atoms with Gasteiger partial charge in [0.15, 0.2) is 5.82 Å². The van der Waals surface area contributed by atoms with Crippen LogP contribution in [-0.2, 0) is 11.2 Å². The molecule has 1 aromatic heterocycles. The minimum absolute atomic E-state index is 0.464. The maximum atomic E-state index is 10.3. The van der Waals surface area contributed by atoms with Gasteiger partial charge in [-0.1, -0.05) is 18.1 Å². The summed E-state index contributed by atoms with van der Waals surface area (Å²) in [5.74, 6) is 1.13. The van der Waals surface area contributed by atoms with Gasteiger partial charge in [0.2, 0.25) is 6.41 Å². The second-order valence-corrected chi connectivity index (χ2v) is 3.21. The lowest BCUT2D eigenvalue weighted by Gasteiger charge is -1.99. The number of nitrogens with one attached hydrogen (secondary N) is 1. The molecule has 0 radical (unpaired) electrons. The first kappa shape index (κ1) is 10.4. The Morgan fingerprint density at radius 1 is 1.50 bits per heavy atom. The fraction of sp³-hybridized carbons (Fsp3) is 0.182. The van der Waals surface area contributed by atoms with Gasteiger partial charge < -0.3 is 9.84 Å².